The van der Waals surface area contributed by atoms with Gasteiger partial charge < -0.3 is 14.9 Å². The number of rotatable bonds is 3. The molecular formula is C13H20N2O3. The zero-order chi connectivity index (χ0) is 13.4. The van der Waals surface area contributed by atoms with Crippen LogP contribution in [0.25, 0.3) is 0 Å². The van der Waals surface area contributed by atoms with E-state index in [0.717, 1.165) is 19.3 Å². The molecular weight excluding hydrogens is 232 g/mol. The molecule has 5 heteroatoms. The highest BCUT2D eigenvalue weighted by Gasteiger charge is 2.49. The highest BCUT2D eigenvalue weighted by Crippen LogP contribution is 2.45. The standard InChI is InChI=1S/C13H20N2O3/c1-9-7-18-15-10(9)11(17)14-13(8-16)6-4-5-12(13,2)3/h7,16H,4-6,8H2,1-3H3,(H,14,17). The van der Waals surface area contributed by atoms with Crippen molar-refractivity contribution in [2.75, 3.05) is 6.61 Å². The van der Waals surface area contributed by atoms with E-state index in [-0.39, 0.29) is 17.9 Å². The highest BCUT2D eigenvalue weighted by atomic mass is 16.5. The average molecular weight is 252 g/mol. The molecule has 1 aliphatic carbocycles. The summed E-state index contributed by atoms with van der Waals surface area (Å²) < 4.78 is 4.78. The van der Waals surface area contributed by atoms with Gasteiger partial charge in [-0.3, -0.25) is 4.79 Å². The van der Waals surface area contributed by atoms with Crippen LogP contribution in [0.3, 0.4) is 0 Å². The van der Waals surface area contributed by atoms with Crippen molar-refractivity contribution >= 4 is 5.91 Å². The van der Waals surface area contributed by atoms with Gasteiger partial charge in [-0.15, -0.1) is 0 Å². The molecule has 0 saturated heterocycles. The molecule has 18 heavy (non-hydrogen) atoms. The molecule has 1 heterocycles. The Balaban J connectivity index is 2.22. The maximum absolute atomic E-state index is 12.2. The molecule has 1 saturated carbocycles. The van der Waals surface area contributed by atoms with Gasteiger partial charge in [0.25, 0.3) is 5.91 Å². The van der Waals surface area contributed by atoms with Crippen molar-refractivity contribution in [1.29, 1.82) is 0 Å². The number of aliphatic hydroxyl groups is 1. The largest absolute Gasteiger partial charge is 0.394 e. The second-order valence-electron chi connectivity index (χ2n) is 5.78. The minimum atomic E-state index is -0.560. The summed E-state index contributed by atoms with van der Waals surface area (Å²) >= 11 is 0. The van der Waals surface area contributed by atoms with Crippen molar-refractivity contribution in [3.05, 3.63) is 17.5 Å². The van der Waals surface area contributed by atoms with Crippen LogP contribution in [0, 0.1) is 12.3 Å². The van der Waals surface area contributed by atoms with E-state index >= 15 is 0 Å². The minimum Gasteiger partial charge on any atom is -0.394 e. The van der Waals surface area contributed by atoms with Crippen LogP contribution >= 0.6 is 0 Å². The Morgan fingerprint density at radius 1 is 1.56 bits per heavy atom. The molecule has 2 rings (SSSR count). The van der Waals surface area contributed by atoms with Crippen molar-refractivity contribution in [2.24, 2.45) is 5.41 Å². The summed E-state index contributed by atoms with van der Waals surface area (Å²) in [6.07, 6.45) is 4.23. The van der Waals surface area contributed by atoms with Crippen molar-refractivity contribution in [1.82, 2.24) is 10.5 Å². The van der Waals surface area contributed by atoms with Gasteiger partial charge in [0.2, 0.25) is 0 Å². The summed E-state index contributed by atoms with van der Waals surface area (Å²) in [5.74, 6) is -0.273. The lowest BCUT2D eigenvalue weighted by Crippen LogP contribution is -2.57. The van der Waals surface area contributed by atoms with Gasteiger partial charge in [-0.1, -0.05) is 25.4 Å². The first-order chi connectivity index (χ1) is 8.42. The molecule has 1 aliphatic rings. The summed E-state index contributed by atoms with van der Waals surface area (Å²) in [7, 11) is 0. The molecule has 0 aliphatic heterocycles. The second-order valence-corrected chi connectivity index (χ2v) is 5.78. The van der Waals surface area contributed by atoms with Gasteiger partial charge in [-0.05, 0) is 25.2 Å². The van der Waals surface area contributed by atoms with E-state index in [9.17, 15) is 9.90 Å². The molecule has 0 radical (unpaired) electrons. The number of carbonyl (C=O) groups excluding carboxylic acids is 1. The smallest absolute Gasteiger partial charge is 0.274 e. The van der Waals surface area contributed by atoms with Crippen LogP contribution in [0.5, 0.6) is 0 Å². The number of nitrogens with one attached hydrogen (secondary N) is 1. The summed E-state index contributed by atoms with van der Waals surface area (Å²) in [6, 6.07) is 0. The first kappa shape index (κ1) is 13.1. The average Bonchev–Trinajstić information content (AvgIpc) is 2.84. The quantitative estimate of drug-likeness (QED) is 0.857. The summed E-state index contributed by atoms with van der Waals surface area (Å²) in [5, 5.41) is 16.4. The monoisotopic (exact) mass is 252 g/mol. The zero-order valence-electron chi connectivity index (χ0n) is 11.1. The van der Waals surface area contributed by atoms with Gasteiger partial charge in [0.15, 0.2) is 5.69 Å². The first-order valence-electron chi connectivity index (χ1n) is 6.26. The van der Waals surface area contributed by atoms with Crippen molar-refractivity contribution in [3.8, 4) is 0 Å². The Labute approximate surface area is 107 Å². The van der Waals surface area contributed by atoms with Crippen molar-refractivity contribution in [3.63, 3.8) is 0 Å². The van der Waals surface area contributed by atoms with Gasteiger partial charge in [0.05, 0.1) is 12.1 Å². The van der Waals surface area contributed by atoms with E-state index in [4.69, 9.17) is 4.52 Å². The van der Waals surface area contributed by atoms with Crippen molar-refractivity contribution < 1.29 is 14.4 Å². The lowest BCUT2D eigenvalue weighted by atomic mass is 9.75. The molecule has 1 aromatic heterocycles. The van der Waals surface area contributed by atoms with E-state index in [2.05, 4.69) is 24.3 Å². The van der Waals surface area contributed by atoms with Gasteiger partial charge >= 0.3 is 0 Å². The molecule has 0 bridgehead atoms. The molecule has 1 atom stereocenters. The van der Waals surface area contributed by atoms with E-state index < -0.39 is 5.54 Å². The number of carbonyl (C=O) groups is 1. The Morgan fingerprint density at radius 2 is 2.28 bits per heavy atom. The molecule has 100 valence electrons. The zero-order valence-corrected chi connectivity index (χ0v) is 11.1. The van der Waals surface area contributed by atoms with Crippen LogP contribution in [0.1, 0.15) is 49.2 Å². The molecule has 5 nitrogen and oxygen atoms in total. The van der Waals surface area contributed by atoms with Gasteiger partial charge in [-0.2, -0.15) is 0 Å². The van der Waals surface area contributed by atoms with Crippen LogP contribution in [-0.4, -0.2) is 28.3 Å². The predicted molar refractivity (Wildman–Crippen MR) is 66.2 cm³/mol. The number of nitrogens with zero attached hydrogens (tertiary/aromatic N) is 1. The maximum atomic E-state index is 12.2. The topological polar surface area (TPSA) is 75.4 Å². The van der Waals surface area contributed by atoms with E-state index in [1.807, 2.05) is 0 Å². The number of aliphatic hydroxyl groups excluding tert-OH is 1. The fourth-order valence-electron chi connectivity index (χ4n) is 2.76. The molecule has 1 unspecified atom stereocenters. The van der Waals surface area contributed by atoms with Crippen LogP contribution in [0.2, 0.25) is 0 Å². The lowest BCUT2D eigenvalue weighted by molar-refractivity contribution is 0.0569. The molecule has 2 N–H and O–H groups in total. The second kappa shape index (κ2) is 4.39. The summed E-state index contributed by atoms with van der Waals surface area (Å²) in [4.78, 5) is 12.2. The molecule has 0 aromatic carbocycles. The van der Waals surface area contributed by atoms with Gasteiger partial charge in [0.1, 0.15) is 6.26 Å². The predicted octanol–water partition coefficient (Wildman–Crippen LogP) is 1.65. The van der Waals surface area contributed by atoms with Crippen LogP contribution in [0.4, 0.5) is 0 Å². The molecule has 1 fully saturated rings. The number of aromatic nitrogens is 1. The Kier molecular flexibility index (Phi) is 3.19. The normalized spacial score (nSPS) is 26.2. The third-order valence-corrected chi connectivity index (χ3v) is 4.29. The van der Waals surface area contributed by atoms with Crippen LogP contribution < -0.4 is 5.32 Å². The fraction of sp³-hybridized carbons (Fsp3) is 0.692. The molecule has 1 aromatic rings. The molecule has 0 spiro atoms. The fourth-order valence-corrected chi connectivity index (χ4v) is 2.76. The summed E-state index contributed by atoms with van der Waals surface area (Å²) in [6.45, 7) is 5.87. The third kappa shape index (κ3) is 1.92. The lowest BCUT2D eigenvalue weighted by Gasteiger charge is -2.40. The number of aryl methyl sites for hydroxylation is 1. The van der Waals surface area contributed by atoms with Gasteiger partial charge in [0, 0.05) is 5.56 Å². The van der Waals surface area contributed by atoms with E-state index in [0.29, 0.717) is 11.3 Å². The summed E-state index contributed by atoms with van der Waals surface area (Å²) in [5.41, 5.74) is 0.326. The SMILES string of the molecule is Cc1conc1C(=O)NC1(CO)CCCC1(C)C. The van der Waals surface area contributed by atoms with Crippen LogP contribution in [-0.2, 0) is 0 Å². The number of hydrogen-bond donors (Lipinski definition) is 2. The Bertz CT molecular complexity index is 453. The van der Waals surface area contributed by atoms with Crippen molar-refractivity contribution in [2.45, 2.75) is 45.6 Å². The minimum absolute atomic E-state index is 0.0529. The first-order valence-corrected chi connectivity index (χ1v) is 6.26. The maximum Gasteiger partial charge on any atom is 0.274 e. The Morgan fingerprint density at radius 3 is 2.72 bits per heavy atom. The van der Waals surface area contributed by atoms with Crippen LogP contribution in [0.15, 0.2) is 10.8 Å². The Hall–Kier alpha value is -1.36. The van der Waals surface area contributed by atoms with E-state index in [1.165, 1.54) is 6.26 Å². The third-order valence-electron chi connectivity index (χ3n) is 4.29. The van der Waals surface area contributed by atoms with E-state index in [1.54, 1.807) is 6.92 Å². The molecule has 1 amide bonds. The number of amides is 1. The highest BCUT2D eigenvalue weighted by molar-refractivity contribution is 5.94. The van der Waals surface area contributed by atoms with Gasteiger partial charge in [-0.25, -0.2) is 0 Å². The number of hydrogen-bond acceptors (Lipinski definition) is 4.